The van der Waals surface area contributed by atoms with Crippen molar-refractivity contribution in [1.82, 2.24) is 9.97 Å². The van der Waals surface area contributed by atoms with Crippen molar-refractivity contribution < 1.29 is 5.11 Å². The van der Waals surface area contributed by atoms with Crippen molar-refractivity contribution in [3.05, 3.63) is 69.1 Å². The van der Waals surface area contributed by atoms with Gasteiger partial charge in [-0.05, 0) is 42.7 Å². The van der Waals surface area contributed by atoms with Gasteiger partial charge in [0.15, 0.2) is 0 Å². The van der Waals surface area contributed by atoms with Crippen LogP contribution in [0.3, 0.4) is 0 Å². The lowest BCUT2D eigenvalue weighted by Gasteiger charge is -2.14. The van der Waals surface area contributed by atoms with Crippen LogP contribution in [0, 0.1) is 13.8 Å². The molecule has 102 valence electrons. The van der Waals surface area contributed by atoms with Crippen LogP contribution in [0.5, 0.6) is 0 Å². The molecule has 1 aromatic heterocycles. The Bertz CT molecular complexity index is 813. The summed E-state index contributed by atoms with van der Waals surface area (Å²) in [6.45, 7) is 3.94. The highest BCUT2D eigenvalue weighted by molar-refractivity contribution is 5.76. The fraction of sp³-hybridized carbons (Fsp3) is 0.188. The van der Waals surface area contributed by atoms with E-state index in [4.69, 9.17) is 0 Å². The molecule has 2 aromatic carbocycles. The van der Waals surface area contributed by atoms with E-state index < -0.39 is 6.10 Å². The molecule has 0 saturated heterocycles. The molecule has 0 aliphatic carbocycles. The van der Waals surface area contributed by atoms with Crippen LogP contribution in [0.4, 0.5) is 0 Å². The van der Waals surface area contributed by atoms with Gasteiger partial charge in [-0.1, -0.05) is 29.8 Å². The number of hydrogen-bond acceptors (Lipinski definition) is 2. The van der Waals surface area contributed by atoms with E-state index in [1.807, 2.05) is 50.2 Å². The van der Waals surface area contributed by atoms with Gasteiger partial charge in [-0.3, -0.25) is 0 Å². The van der Waals surface area contributed by atoms with E-state index in [2.05, 4.69) is 9.97 Å². The predicted octanol–water partition coefficient (Wildman–Crippen LogP) is 2.55. The molecule has 1 unspecified atom stereocenters. The highest BCUT2D eigenvalue weighted by Gasteiger charge is 2.14. The van der Waals surface area contributed by atoms with Crippen molar-refractivity contribution in [1.29, 1.82) is 0 Å². The summed E-state index contributed by atoms with van der Waals surface area (Å²) in [4.78, 5) is 16.8. The van der Waals surface area contributed by atoms with E-state index >= 15 is 0 Å². The molecule has 0 amide bonds. The molecule has 3 rings (SSSR count). The summed E-state index contributed by atoms with van der Waals surface area (Å²) < 4.78 is 0. The van der Waals surface area contributed by atoms with Gasteiger partial charge in [0.2, 0.25) is 0 Å². The van der Waals surface area contributed by atoms with Crippen LogP contribution < -0.4 is 5.69 Å². The minimum atomic E-state index is -0.696. The normalized spacial score (nSPS) is 12.8. The number of hydrogen-bond donors (Lipinski definition) is 3. The third kappa shape index (κ3) is 2.14. The lowest BCUT2D eigenvalue weighted by Crippen LogP contribution is -2.02. The van der Waals surface area contributed by atoms with Crippen molar-refractivity contribution in [2.24, 2.45) is 0 Å². The van der Waals surface area contributed by atoms with Crippen LogP contribution >= 0.6 is 0 Å². The predicted molar refractivity (Wildman–Crippen MR) is 78.9 cm³/mol. The quantitative estimate of drug-likeness (QED) is 0.668. The Kier molecular flexibility index (Phi) is 2.95. The molecular weight excluding hydrogens is 252 g/mol. The standard InChI is InChI=1S/C16H16N2O2/c1-9-3-5-11(6-4-9)15(19)12-8-14-13(7-10(12)2)17-16(20)18-14/h3-8,15,19H,1-2H3,(H2,17,18,20). The van der Waals surface area contributed by atoms with Gasteiger partial charge in [-0.15, -0.1) is 0 Å². The maximum Gasteiger partial charge on any atom is 0.323 e. The first-order chi connectivity index (χ1) is 9.54. The molecule has 3 N–H and O–H groups in total. The Balaban J connectivity index is 2.10. The maximum absolute atomic E-state index is 11.3. The molecule has 4 heteroatoms. The molecule has 0 saturated carbocycles. The maximum atomic E-state index is 11.3. The molecule has 20 heavy (non-hydrogen) atoms. The summed E-state index contributed by atoms with van der Waals surface area (Å²) in [5, 5.41) is 10.5. The van der Waals surface area contributed by atoms with Gasteiger partial charge >= 0.3 is 5.69 Å². The lowest BCUT2D eigenvalue weighted by molar-refractivity contribution is 0.219. The zero-order valence-corrected chi connectivity index (χ0v) is 11.4. The Morgan fingerprint density at radius 1 is 1.00 bits per heavy atom. The smallest absolute Gasteiger partial charge is 0.323 e. The van der Waals surface area contributed by atoms with Crippen LogP contribution in [-0.2, 0) is 0 Å². The van der Waals surface area contributed by atoms with E-state index in [0.29, 0.717) is 5.52 Å². The number of benzene rings is 2. The molecule has 4 nitrogen and oxygen atoms in total. The summed E-state index contributed by atoms with van der Waals surface area (Å²) >= 11 is 0. The number of aryl methyl sites for hydroxylation is 2. The second kappa shape index (κ2) is 4.65. The Labute approximate surface area is 116 Å². The first kappa shape index (κ1) is 12.7. The second-order valence-corrected chi connectivity index (χ2v) is 5.15. The average Bonchev–Trinajstić information content (AvgIpc) is 2.77. The second-order valence-electron chi connectivity index (χ2n) is 5.15. The fourth-order valence-corrected chi connectivity index (χ4v) is 2.43. The number of aromatic amines is 2. The lowest BCUT2D eigenvalue weighted by atomic mass is 9.96. The summed E-state index contributed by atoms with van der Waals surface area (Å²) in [5.41, 5.74) is 4.98. The summed E-state index contributed by atoms with van der Waals surface area (Å²) in [6.07, 6.45) is -0.696. The number of aliphatic hydroxyl groups excluding tert-OH is 1. The van der Waals surface area contributed by atoms with Gasteiger partial charge < -0.3 is 15.1 Å². The van der Waals surface area contributed by atoms with Gasteiger partial charge in [0.1, 0.15) is 6.10 Å². The molecule has 0 fully saturated rings. The van der Waals surface area contributed by atoms with Crippen LogP contribution in [-0.4, -0.2) is 15.1 Å². The largest absolute Gasteiger partial charge is 0.384 e. The van der Waals surface area contributed by atoms with Crippen molar-refractivity contribution in [2.45, 2.75) is 20.0 Å². The topological polar surface area (TPSA) is 68.9 Å². The highest BCUT2D eigenvalue weighted by Crippen LogP contribution is 2.27. The monoisotopic (exact) mass is 268 g/mol. The highest BCUT2D eigenvalue weighted by atomic mass is 16.3. The van der Waals surface area contributed by atoms with Gasteiger partial charge in [0, 0.05) is 0 Å². The number of aliphatic hydroxyl groups is 1. The molecule has 0 spiro atoms. The first-order valence-electron chi connectivity index (χ1n) is 6.52. The van der Waals surface area contributed by atoms with Gasteiger partial charge in [0.05, 0.1) is 11.0 Å². The molecule has 0 aliphatic heterocycles. The number of rotatable bonds is 2. The van der Waals surface area contributed by atoms with Crippen LogP contribution in [0.1, 0.15) is 28.4 Å². The van der Waals surface area contributed by atoms with E-state index in [1.54, 1.807) is 0 Å². The number of imidazole rings is 1. The van der Waals surface area contributed by atoms with Crippen molar-refractivity contribution in [2.75, 3.05) is 0 Å². The van der Waals surface area contributed by atoms with E-state index in [-0.39, 0.29) is 5.69 Å². The number of nitrogens with one attached hydrogen (secondary N) is 2. The third-order valence-electron chi connectivity index (χ3n) is 3.59. The molecule has 0 aliphatic rings. The minimum absolute atomic E-state index is 0.235. The van der Waals surface area contributed by atoms with E-state index in [1.165, 1.54) is 0 Å². The summed E-state index contributed by atoms with van der Waals surface area (Å²) in [6, 6.07) is 11.5. The number of fused-ring (bicyclic) bond motifs is 1. The van der Waals surface area contributed by atoms with Crippen LogP contribution in [0.2, 0.25) is 0 Å². The third-order valence-corrected chi connectivity index (χ3v) is 3.59. The van der Waals surface area contributed by atoms with E-state index in [0.717, 1.165) is 27.8 Å². The fourth-order valence-electron chi connectivity index (χ4n) is 2.43. The molecule has 3 aromatic rings. The zero-order valence-electron chi connectivity index (χ0n) is 11.4. The summed E-state index contributed by atoms with van der Waals surface area (Å²) in [5.74, 6) is 0. The zero-order chi connectivity index (χ0) is 14.3. The van der Waals surface area contributed by atoms with Gasteiger partial charge in [0.25, 0.3) is 0 Å². The number of aromatic nitrogens is 2. The van der Waals surface area contributed by atoms with Crippen molar-refractivity contribution >= 4 is 11.0 Å². The minimum Gasteiger partial charge on any atom is -0.384 e. The van der Waals surface area contributed by atoms with E-state index in [9.17, 15) is 9.90 Å². The Hall–Kier alpha value is -2.33. The van der Waals surface area contributed by atoms with Gasteiger partial charge in [-0.2, -0.15) is 0 Å². The Morgan fingerprint density at radius 2 is 1.60 bits per heavy atom. The van der Waals surface area contributed by atoms with Gasteiger partial charge in [-0.25, -0.2) is 4.79 Å². The molecule has 1 atom stereocenters. The molecule has 0 radical (unpaired) electrons. The SMILES string of the molecule is Cc1ccc(C(O)c2cc3[nH]c(=O)[nH]c3cc2C)cc1. The summed E-state index contributed by atoms with van der Waals surface area (Å²) in [7, 11) is 0. The van der Waals surface area contributed by atoms with Crippen molar-refractivity contribution in [3.63, 3.8) is 0 Å². The molecule has 0 bridgehead atoms. The Morgan fingerprint density at radius 3 is 2.25 bits per heavy atom. The first-order valence-corrected chi connectivity index (χ1v) is 6.52. The average molecular weight is 268 g/mol. The number of H-pyrrole nitrogens is 2. The molecule has 1 heterocycles. The molecular formula is C16H16N2O2. The van der Waals surface area contributed by atoms with Crippen LogP contribution in [0.15, 0.2) is 41.2 Å². The van der Waals surface area contributed by atoms with Crippen LogP contribution in [0.25, 0.3) is 11.0 Å². The van der Waals surface area contributed by atoms with Crippen molar-refractivity contribution in [3.8, 4) is 0 Å².